The van der Waals surface area contributed by atoms with E-state index in [1.165, 1.54) is 42.7 Å². The Morgan fingerprint density at radius 1 is 1.38 bits per heavy atom. The molecular weight excluding hydrogens is 316 g/mol. The van der Waals surface area contributed by atoms with Gasteiger partial charge in [0.15, 0.2) is 5.84 Å². The van der Waals surface area contributed by atoms with Crippen LogP contribution in [-0.2, 0) is 10.0 Å². The Morgan fingerprint density at radius 3 is 2.76 bits per heavy atom. The van der Waals surface area contributed by atoms with Gasteiger partial charge in [-0.25, -0.2) is 8.42 Å². The molecule has 0 saturated heterocycles. The first kappa shape index (κ1) is 15.1. The van der Waals surface area contributed by atoms with Crippen molar-refractivity contribution < 1.29 is 13.6 Å². The van der Waals surface area contributed by atoms with Crippen LogP contribution in [0.1, 0.15) is 5.56 Å². The largest absolute Gasteiger partial charge is 0.409 e. The van der Waals surface area contributed by atoms with Crippen molar-refractivity contribution in [3.63, 3.8) is 0 Å². The Labute approximate surface area is 126 Å². The van der Waals surface area contributed by atoms with Crippen LogP contribution in [0.3, 0.4) is 0 Å². The first-order valence-electron chi connectivity index (χ1n) is 5.64. The number of pyridine rings is 1. The summed E-state index contributed by atoms with van der Waals surface area (Å²) in [6, 6.07) is 7.21. The summed E-state index contributed by atoms with van der Waals surface area (Å²) in [5, 5.41) is 11.7. The lowest BCUT2D eigenvalue weighted by molar-refractivity contribution is 0.318. The molecule has 0 aliphatic rings. The molecule has 2 rings (SSSR count). The highest BCUT2D eigenvalue weighted by atomic mass is 35.5. The number of nitrogens with one attached hydrogen (secondary N) is 1. The van der Waals surface area contributed by atoms with Crippen molar-refractivity contribution in [1.82, 2.24) is 4.98 Å². The normalized spacial score (nSPS) is 12.1. The molecule has 9 heteroatoms. The minimum Gasteiger partial charge on any atom is -0.409 e. The minimum atomic E-state index is -3.83. The van der Waals surface area contributed by atoms with Crippen LogP contribution in [0.4, 0.5) is 5.69 Å². The first-order chi connectivity index (χ1) is 9.94. The van der Waals surface area contributed by atoms with E-state index in [9.17, 15) is 8.42 Å². The number of benzene rings is 1. The van der Waals surface area contributed by atoms with Crippen LogP contribution in [0.15, 0.2) is 52.8 Å². The predicted molar refractivity (Wildman–Crippen MR) is 79.0 cm³/mol. The Bertz CT molecular complexity index is 778. The lowest BCUT2D eigenvalue weighted by atomic mass is 10.2. The summed E-state index contributed by atoms with van der Waals surface area (Å²) < 4.78 is 26.7. The molecule has 0 bridgehead atoms. The first-order valence-corrected chi connectivity index (χ1v) is 7.50. The summed E-state index contributed by atoms with van der Waals surface area (Å²) in [5.74, 6) is -0.159. The van der Waals surface area contributed by atoms with Crippen LogP contribution in [0.25, 0.3) is 0 Å². The highest BCUT2D eigenvalue weighted by Gasteiger charge is 2.16. The smallest absolute Gasteiger partial charge is 0.263 e. The van der Waals surface area contributed by atoms with Gasteiger partial charge in [-0.3, -0.25) is 9.71 Å². The molecule has 0 atom stereocenters. The summed E-state index contributed by atoms with van der Waals surface area (Å²) in [6.45, 7) is 0. The fraction of sp³-hybridized carbons (Fsp3) is 0. The molecule has 1 heterocycles. The molecule has 110 valence electrons. The van der Waals surface area contributed by atoms with Gasteiger partial charge < -0.3 is 10.9 Å². The third-order valence-corrected chi connectivity index (χ3v) is 4.24. The second-order valence-electron chi connectivity index (χ2n) is 3.97. The van der Waals surface area contributed by atoms with Gasteiger partial charge in [-0.15, -0.1) is 0 Å². The molecule has 4 N–H and O–H groups in total. The standard InChI is InChI=1S/C12H11ClN4O3S/c13-10-4-3-8(12(14)16-18)6-11(10)17-21(19,20)9-2-1-5-15-7-9/h1-7,17-18H,(H2,14,16). The van der Waals surface area contributed by atoms with Crippen LogP contribution in [0.2, 0.25) is 5.02 Å². The molecule has 0 radical (unpaired) electrons. The minimum absolute atomic E-state index is 0.00438. The molecule has 1 aromatic carbocycles. The van der Waals surface area contributed by atoms with E-state index in [0.29, 0.717) is 5.56 Å². The van der Waals surface area contributed by atoms with E-state index in [-0.39, 0.29) is 21.4 Å². The molecule has 0 aliphatic heterocycles. The second-order valence-corrected chi connectivity index (χ2v) is 6.06. The summed E-state index contributed by atoms with van der Waals surface area (Å²) in [5.41, 5.74) is 5.90. The highest BCUT2D eigenvalue weighted by Crippen LogP contribution is 2.25. The van der Waals surface area contributed by atoms with Crippen molar-refractivity contribution in [3.8, 4) is 0 Å². The average Bonchev–Trinajstić information content (AvgIpc) is 2.49. The molecule has 0 unspecified atom stereocenters. The Hall–Kier alpha value is -2.32. The van der Waals surface area contributed by atoms with Gasteiger partial charge in [0.05, 0.1) is 10.7 Å². The van der Waals surface area contributed by atoms with Crippen molar-refractivity contribution in [1.29, 1.82) is 0 Å². The number of halogens is 1. The fourth-order valence-corrected chi connectivity index (χ4v) is 2.78. The Kier molecular flexibility index (Phi) is 4.29. The van der Waals surface area contributed by atoms with E-state index >= 15 is 0 Å². The predicted octanol–water partition coefficient (Wildman–Crippen LogP) is 1.63. The van der Waals surface area contributed by atoms with Gasteiger partial charge in [-0.2, -0.15) is 0 Å². The number of anilines is 1. The summed E-state index contributed by atoms with van der Waals surface area (Å²) >= 11 is 5.95. The van der Waals surface area contributed by atoms with Gasteiger partial charge in [0.2, 0.25) is 0 Å². The maximum absolute atomic E-state index is 12.2. The molecule has 21 heavy (non-hydrogen) atoms. The van der Waals surface area contributed by atoms with Crippen molar-refractivity contribution in [3.05, 3.63) is 53.3 Å². The zero-order valence-corrected chi connectivity index (χ0v) is 12.1. The molecule has 0 amide bonds. The zero-order valence-electron chi connectivity index (χ0n) is 10.6. The third kappa shape index (κ3) is 3.41. The number of nitrogens with two attached hydrogens (primary N) is 1. The number of rotatable bonds is 4. The van der Waals surface area contributed by atoms with E-state index in [1.807, 2.05) is 0 Å². The molecule has 0 saturated carbocycles. The molecule has 1 aromatic heterocycles. The number of nitrogens with zero attached hydrogens (tertiary/aromatic N) is 2. The van der Waals surface area contributed by atoms with E-state index in [1.54, 1.807) is 0 Å². The molecule has 7 nitrogen and oxygen atoms in total. The Morgan fingerprint density at radius 2 is 2.14 bits per heavy atom. The van der Waals surface area contributed by atoms with Gasteiger partial charge in [-0.05, 0) is 30.3 Å². The molecule has 0 aliphatic carbocycles. The van der Waals surface area contributed by atoms with Crippen LogP contribution in [0.5, 0.6) is 0 Å². The SMILES string of the molecule is N/C(=N/O)c1ccc(Cl)c(NS(=O)(=O)c2cccnc2)c1. The molecule has 2 aromatic rings. The number of sulfonamides is 1. The summed E-state index contributed by atoms with van der Waals surface area (Å²) in [4.78, 5) is 3.75. The van der Waals surface area contributed by atoms with Gasteiger partial charge in [0, 0.05) is 18.0 Å². The number of hydrogen-bond donors (Lipinski definition) is 3. The zero-order chi connectivity index (χ0) is 15.5. The number of hydrogen-bond acceptors (Lipinski definition) is 5. The highest BCUT2D eigenvalue weighted by molar-refractivity contribution is 7.92. The third-order valence-electron chi connectivity index (χ3n) is 2.56. The topological polar surface area (TPSA) is 118 Å². The van der Waals surface area contributed by atoms with Gasteiger partial charge in [0.25, 0.3) is 10.0 Å². The van der Waals surface area contributed by atoms with Crippen LogP contribution in [-0.4, -0.2) is 24.4 Å². The van der Waals surface area contributed by atoms with Gasteiger partial charge in [-0.1, -0.05) is 16.8 Å². The summed E-state index contributed by atoms with van der Waals surface area (Å²) in [6.07, 6.45) is 2.68. The lowest BCUT2D eigenvalue weighted by Crippen LogP contribution is -2.16. The van der Waals surface area contributed by atoms with Crippen molar-refractivity contribution >= 4 is 33.1 Å². The molecular formula is C12H11ClN4O3S. The van der Waals surface area contributed by atoms with E-state index in [0.717, 1.165) is 0 Å². The van der Waals surface area contributed by atoms with Crippen molar-refractivity contribution in [2.45, 2.75) is 4.90 Å². The van der Waals surface area contributed by atoms with E-state index in [4.69, 9.17) is 22.5 Å². The number of aromatic nitrogens is 1. The van der Waals surface area contributed by atoms with Crippen molar-refractivity contribution in [2.75, 3.05) is 4.72 Å². The van der Waals surface area contributed by atoms with Crippen LogP contribution in [0, 0.1) is 0 Å². The fourth-order valence-electron chi connectivity index (χ4n) is 1.53. The van der Waals surface area contributed by atoms with Crippen molar-refractivity contribution in [2.24, 2.45) is 10.9 Å². The number of amidine groups is 1. The van der Waals surface area contributed by atoms with Crippen LogP contribution >= 0.6 is 11.6 Å². The van der Waals surface area contributed by atoms with Gasteiger partial charge in [0.1, 0.15) is 4.90 Å². The van der Waals surface area contributed by atoms with E-state index in [2.05, 4.69) is 14.9 Å². The average molecular weight is 327 g/mol. The monoisotopic (exact) mass is 326 g/mol. The maximum atomic E-state index is 12.2. The van der Waals surface area contributed by atoms with Crippen LogP contribution < -0.4 is 10.5 Å². The van der Waals surface area contributed by atoms with E-state index < -0.39 is 10.0 Å². The molecule has 0 spiro atoms. The second kappa shape index (κ2) is 5.98. The molecule has 0 fully saturated rings. The van der Waals surface area contributed by atoms with Gasteiger partial charge >= 0.3 is 0 Å². The quantitative estimate of drug-likeness (QED) is 0.341. The summed E-state index contributed by atoms with van der Waals surface area (Å²) in [7, 11) is -3.83. The Balaban J connectivity index is 2.40. The maximum Gasteiger partial charge on any atom is 0.263 e. The lowest BCUT2D eigenvalue weighted by Gasteiger charge is -2.10. The number of oxime groups is 1.